The minimum absolute atomic E-state index is 0.548. The Morgan fingerprint density at radius 1 is 1.58 bits per heavy atom. The van der Waals surface area contributed by atoms with E-state index in [9.17, 15) is 0 Å². The highest BCUT2D eigenvalue weighted by Crippen LogP contribution is 2.28. The lowest BCUT2D eigenvalue weighted by molar-refractivity contribution is 0.143. The smallest absolute Gasteiger partial charge is 0.224 e. The number of nitrogens with one attached hydrogen (secondary N) is 1. The summed E-state index contributed by atoms with van der Waals surface area (Å²) >= 11 is 6.23. The summed E-state index contributed by atoms with van der Waals surface area (Å²) in [4.78, 5) is 10.9. The Hall–Kier alpha value is -1.07. The van der Waals surface area contributed by atoms with Crippen molar-refractivity contribution in [3.8, 4) is 0 Å². The summed E-state index contributed by atoms with van der Waals surface area (Å²) in [6.07, 6.45) is 4.01. The predicted molar refractivity (Wildman–Crippen MR) is 78.0 cm³/mol. The highest BCUT2D eigenvalue weighted by molar-refractivity contribution is 6.32. The van der Waals surface area contributed by atoms with Gasteiger partial charge in [-0.3, -0.25) is 0 Å². The Kier molecular flexibility index (Phi) is 5.22. The molecule has 1 N–H and O–H groups in total. The molecule has 1 atom stereocenters. The Morgan fingerprint density at radius 2 is 2.42 bits per heavy atom. The van der Waals surface area contributed by atoms with E-state index in [1.54, 1.807) is 13.3 Å². The molecule has 2 rings (SSSR count). The number of rotatable bonds is 5. The van der Waals surface area contributed by atoms with Crippen LogP contribution in [0, 0.1) is 5.92 Å². The first-order chi connectivity index (χ1) is 9.24. The lowest BCUT2D eigenvalue weighted by Crippen LogP contribution is -2.37. The van der Waals surface area contributed by atoms with E-state index in [4.69, 9.17) is 16.3 Å². The maximum atomic E-state index is 6.23. The third kappa shape index (κ3) is 3.70. The summed E-state index contributed by atoms with van der Waals surface area (Å²) < 4.78 is 5.25. The number of aromatic nitrogens is 2. The number of halogens is 1. The van der Waals surface area contributed by atoms with E-state index in [0.29, 0.717) is 16.9 Å². The van der Waals surface area contributed by atoms with E-state index < -0.39 is 0 Å². The number of anilines is 2. The van der Waals surface area contributed by atoms with E-state index in [2.05, 4.69) is 20.2 Å². The van der Waals surface area contributed by atoms with Gasteiger partial charge in [-0.25, -0.2) is 4.98 Å². The number of nitrogens with zero attached hydrogens (tertiary/aromatic N) is 3. The molecule has 6 heteroatoms. The third-order valence-electron chi connectivity index (χ3n) is 3.28. The van der Waals surface area contributed by atoms with Crippen LogP contribution < -0.4 is 10.2 Å². The Morgan fingerprint density at radius 3 is 3.16 bits per heavy atom. The standard InChI is InChI=1S/C13H21ClN4O/c1-3-15-13-16-7-11(14)12(17-13)18-6-4-5-10(8-18)9-19-2/h7,10H,3-6,8-9H2,1-2H3,(H,15,16,17). The van der Waals surface area contributed by atoms with Gasteiger partial charge < -0.3 is 15.0 Å². The zero-order chi connectivity index (χ0) is 13.7. The van der Waals surface area contributed by atoms with Gasteiger partial charge in [0.15, 0.2) is 5.82 Å². The van der Waals surface area contributed by atoms with Crippen molar-refractivity contribution in [2.75, 3.05) is 43.6 Å². The lowest BCUT2D eigenvalue weighted by Gasteiger charge is -2.33. The maximum absolute atomic E-state index is 6.23. The molecule has 0 aromatic carbocycles. The molecule has 1 aromatic rings. The molecule has 1 fully saturated rings. The van der Waals surface area contributed by atoms with E-state index >= 15 is 0 Å². The van der Waals surface area contributed by atoms with Gasteiger partial charge in [0.2, 0.25) is 5.95 Å². The van der Waals surface area contributed by atoms with Crippen LogP contribution in [0.1, 0.15) is 19.8 Å². The van der Waals surface area contributed by atoms with Crippen molar-refractivity contribution in [1.82, 2.24) is 9.97 Å². The number of ether oxygens (including phenoxy) is 1. The molecule has 1 aliphatic rings. The van der Waals surface area contributed by atoms with Crippen LogP contribution in [-0.2, 0) is 4.74 Å². The molecule has 1 aliphatic heterocycles. The minimum atomic E-state index is 0.548. The monoisotopic (exact) mass is 284 g/mol. The Bertz CT molecular complexity index is 414. The van der Waals surface area contributed by atoms with Crippen LogP contribution in [0.3, 0.4) is 0 Å². The van der Waals surface area contributed by atoms with Crippen molar-refractivity contribution in [2.24, 2.45) is 5.92 Å². The number of methoxy groups -OCH3 is 1. The highest BCUT2D eigenvalue weighted by Gasteiger charge is 2.23. The molecule has 2 heterocycles. The van der Waals surface area contributed by atoms with E-state index in [1.165, 1.54) is 6.42 Å². The first-order valence-corrected chi connectivity index (χ1v) is 7.12. The second kappa shape index (κ2) is 6.91. The number of hydrogen-bond acceptors (Lipinski definition) is 5. The fourth-order valence-electron chi connectivity index (χ4n) is 2.45. The van der Waals surface area contributed by atoms with Crippen molar-refractivity contribution in [3.63, 3.8) is 0 Å². The SMILES string of the molecule is CCNc1ncc(Cl)c(N2CCCC(COC)C2)n1. The molecule has 0 amide bonds. The Labute approximate surface area is 119 Å². The van der Waals surface area contributed by atoms with Gasteiger partial charge in [-0.05, 0) is 25.7 Å². The fraction of sp³-hybridized carbons (Fsp3) is 0.692. The van der Waals surface area contributed by atoms with Gasteiger partial charge in [0.25, 0.3) is 0 Å². The molecule has 0 saturated carbocycles. The summed E-state index contributed by atoms with van der Waals surface area (Å²) in [7, 11) is 1.75. The van der Waals surface area contributed by atoms with Crippen molar-refractivity contribution in [2.45, 2.75) is 19.8 Å². The van der Waals surface area contributed by atoms with E-state index in [0.717, 1.165) is 38.5 Å². The van der Waals surface area contributed by atoms with Gasteiger partial charge in [0.1, 0.15) is 5.02 Å². The normalized spacial score (nSPS) is 19.5. The van der Waals surface area contributed by atoms with Crippen molar-refractivity contribution in [1.29, 1.82) is 0 Å². The molecule has 5 nitrogen and oxygen atoms in total. The third-order valence-corrected chi connectivity index (χ3v) is 3.55. The van der Waals surface area contributed by atoms with Gasteiger partial charge in [0, 0.05) is 26.7 Å². The molecule has 1 saturated heterocycles. The summed E-state index contributed by atoms with van der Waals surface area (Å²) in [5, 5.41) is 3.73. The molecule has 19 heavy (non-hydrogen) atoms. The predicted octanol–water partition coefficient (Wildman–Crippen LogP) is 2.42. The largest absolute Gasteiger partial charge is 0.384 e. The van der Waals surface area contributed by atoms with Crippen LogP contribution in [0.25, 0.3) is 0 Å². The first kappa shape index (κ1) is 14.3. The molecule has 0 spiro atoms. The molecule has 0 bridgehead atoms. The molecule has 0 aliphatic carbocycles. The van der Waals surface area contributed by atoms with Crippen LogP contribution >= 0.6 is 11.6 Å². The maximum Gasteiger partial charge on any atom is 0.224 e. The van der Waals surface area contributed by atoms with E-state index in [1.807, 2.05) is 6.92 Å². The summed E-state index contributed by atoms with van der Waals surface area (Å²) in [5.41, 5.74) is 0. The van der Waals surface area contributed by atoms with Crippen LogP contribution in [0.15, 0.2) is 6.20 Å². The first-order valence-electron chi connectivity index (χ1n) is 6.75. The Balaban J connectivity index is 2.13. The quantitative estimate of drug-likeness (QED) is 0.900. The minimum Gasteiger partial charge on any atom is -0.384 e. The fourth-order valence-corrected chi connectivity index (χ4v) is 2.66. The molecule has 0 radical (unpaired) electrons. The molecular weight excluding hydrogens is 264 g/mol. The second-order valence-electron chi connectivity index (χ2n) is 4.81. The number of piperidine rings is 1. The lowest BCUT2D eigenvalue weighted by atomic mass is 9.99. The van der Waals surface area contributed by atoms with Crippen LogP contribution in [0.5, 0.6) is 0 Å². The van der Waals surface area contributed by atoms with Gasteiger partial charge in [-0.1, -0.05) is 11.6 Å². The molecule has 106 valence electrons. The van der Waals surface area contributed by atoms with Crippen molar-refractivity contribution < 1.29 is 4.74 Å². The molecular formula is C13H21ClN4O. The highest BCUT2D eigenvalue weighted by atomic mass is 35.5. The van der Waals surface area contributed by atoms with Crippen LogP contribution in [0.4, 0.5) is 11.8 Å². The zero-order valence-corrected chi connectivity index (χ0v) is 12.3. The topological polar surface area (TPSA) is 50.3 Å². The van der Waals surface area contributed by atoms with Gasteiger partial charge in [0.05, 0.1) is 12.8 Å². The van der Waals surface area contributed by atoms with Crippen LogP contribution in [0.2, 0.25) is 5.02 Å². The van der Waals surface area contributed by atoms with Gasteiger partial charge in [-0.2, -0.15) is 4.98 Å². The molecule has 1 aromatic heterocycles. The summed E-state index contributed by atoms with van der Waals surface area (Å²) in [6, 6.07) is 0. The van der Waals surface area contributed by atoms with Crippen LogP contribution in [-0.4, -0.2) is 43.3 Å². The molecule has 1 unspecified atom stereocenters. The summed E-state index contributed by atoms with van der Waals surface area (Å²) in [5.74, 6) is 2.01. The second-order valence-corrected chi connectivity index (χ2v) is 5.21. The number of hydrogen-bond donors (Lipinski definition) is 1. The zero-order valence-electron chi connectivity index (χ0n) is 11.5. The average molecular weight is 285 g/mol. The van der Waals surface area contributed by atoms with Crippen molar-refractivity contribution in [3.05, 3.63) is 11.2 Å². The van der Waals surface area contributed by atoms with Gasteiger partial charge >= 0.3 is 0 Å². The van der Waals surface area contributed by atoms with Crippen molar-refractivity contribution >= 4 is 23.4 Å². The van der Waals surface area contributed by atoms with E-state index in [-0.39, 0.29) is 0 Å². The van der Waals surface area contributed by atoms with Gasteiger partial charge in [-0.15, -0.1) is 0 Å². The average Bonchev–Trinajstić information content (AvgIpc) is 2.42. The summed E-state index contributed by atoms with van der Waals surface area (Å²) in [6.45, 7) is 5.54.